The lowest BCUT2D eigenvalue weighted by molar-refractivity contribution is -0.122. The number of methoxy groups -OCH3 is 1. The summed E-state index contributed by atoms with van der Waals surface area (Å²) in [5, 5.41) is 3.61. The highest BCUT2D eigenvalue weighted by Gasteiger charge is 2.18. The van der Waals surface area contributed by atoms with E-state index in [-0.39, 0.29) is 36.4 Å². The number of halogens is 1. The summed E-state index contributed by atoms with van der Waals surface area (Å²) in [5.41, 5.74) is 1.50. The fourth-order valence-electron chi connectivity index (χ4n) is 3.20. The van der Waals surface area contributed by atoms with Crippen LogP contribution in [0.5, 0.6) is 5.75 Å². The molecule has 1 atom stereocenters. The standard InChI is InChI=1S/C22H24BrN3O3/c1-14(2)21(15-4-7-17(29-3)8-5-15)25-20(27)10-11-26-13-24-19-9-6-16(23)12-18(19)22(26)28/h4-9,12-14,21H,10-11H2,1-3H3,(H,25,27). The second kappa shape index (κ2) is 9.22. The van der Waals surface area contributed by atoms with Crippen molar-refractivity contribution in [2.45, 2.75) is 32.9 Å². The van der Waals surface area contributed by atoms with Crippen molar-refractivity contribution in [1.29, 1.82) is 0 Å². The van der Waals surface area contributed by atoms with E-state index in [0.717, 1.165) is 15.8 Å². The number of nitrogens with zero attached hydrogens (tertiary/aromatic N) is 2. The van der Waals surface area contributed by atoms with E-state index >= 15 is 0 Å². The number of rotatable bonds is 7. The van der Waals surface area contributed by atoms with Gasteiger partial charge in [0.05, 0.1) is 30.4 Å². The van der Waals surface area contributed by atoms with Crippen LogP contribution in [0.3, 0.4) is 0 Å². The molecule has 3 aromatic rings. The molecule has 0 aliphatic carbocycles. The number of nitrogens with one attached hydrogen (secondary N) is 1. The van der Waals surface area contributed by atoms with E-state index in [1.807, 2.05) is 30.3 Å². The van der Waals surface area contributed by atoms with Crippen LogP contribution in [0.4, 0.5) is 0 Å². The number of carbonyl (C=O) groups is 1. The first-order chi connectivity index (χ1) is 13.9. The average molecular weight is 458 g/mol. The van der Waals surface area contributed by atoms with Gasteiger partial charge in [0, 0.05) is 17.4 Å². The van der Waals surface area contributed by atoms with Crippen LogP contribution in [0.2, 0.25) is 0 Å². The van der Waals surface area contributed by atoms with E-state index in [9.17, 15) is 9.59 Å². The number of hydrogen-bond donors (Lipinski definition) is 1. The first-order valence-electron chi connectivity index (χ1n) is 9.47. The van der Waals surface area contributed by atoms with Crippen molar-refractivity contribution >= 4 is 32.7 Å². The lowest BCUT2D eigenvalue weighted by Gasteiger charge is -2.23. The van der Waals surface area contributed by atoms with Gasteiger partial charge in [0.2, 0.25) is 5.91 Å². The van der Waals surface area contributed by atoms with Crippen LogP contribution in [0.25, 0.3) is 10.9 Å². The maximum atomic E-state index is 12.7. The molecule has 0 aliphatic heterocycles. The van der Waals surface area contributed by atoms with Crippen LogP contribution in [-0.4, -0.2) is 22.6 Å². The summed E-state index contributed by atoms with van der Waals surface area (Å²) < 4.78 is 7.50. The monoisotopic (exact) mass is 457 g/mol. The second-order valence-electron chi connectivity index (χ2n) is 7.22. The summed E-state index contributed by atoms with van der Waals surface area (Å²) >= 11 is 3.38. The topological polar surface area (TPSA) is 73.2 Å². The highest BCUT2D eigenvalue weighted by Crippen LogP contribution is 2.24. The summed E-state index contributed by atoms with van der Waals surface area (Å²) in [7, 11) is 1.62. The predicted octanol–water partition coefficient (Wildman–Crippen LogP) is 4.07. The fraction of sp³-hybridized carbons (Fsp3) is 0.318. The zero-order valence-electron chi connectivity index (χ0n) is 16.7. The van der Waals surface area contributed by atoms with E-state index in [0.29, 0.717) is 10.9 Å². The molecule has 0 fully saturated rings. The van der Waals surface area contributed by atoms with Crippen LogP contribution in [0, 0.1) is 5.92 Å². The highest BCUT2D eigenvalue weighted by molar-refractivity contribution is 9.10. The van der Waals surface area contributed by atoms with E-state index in [1.54, 1.807) is 19.2 Å². The molecule has 0 radical (unpaired) electrons. The minimum absolute atomic E-state index is 0.110. The molecule has 0 bridgehead atoms. The van der Waals surface area contributed by atoms with Crippen molar-refractivity contribution in [2.24, 2.45) is 5.92 Å². The molecule has 1 amide bonds. The Morgan fingerprint density at radius 1 is 1.21 bits per heavy atom. The van der Waals surface area contributed by atoms with E-state index in [4.69, 9.17) is 4.74 Å². The van der Waals surface area contributed by atoms with E-state index in [2.05, 4.69) is 40.1 Å². The van der Waals surface area contributed by atoms with Gasteiger partial charge >= 0.3 is 0 Å². The molecule has 152 valence electrons. The summed E-state index contributed by atoms with van der Waals surface area (Å²) in [6.45, 7) is 4.39. The normalized spacial score (nSPS) is 12.2. The minimum Gasteiger partial charge on any atom is -0.497 e. The molecular formula is C22H24BrN3O3. The number of aryl methyl sites for hydroxylation is 1. The maximum Gasteiger partial charge on any atom is 0.261 e. The molecule has 1 N–H and O–H groups in total. The van der Waals surface area contributed by atoms with Crippen LogP contribution in [0.15, 0.2) is 58.1 Å². The number of aromatic nitrogens is 2. The Balaban J connectivity index is 1.70. The highest BCUT2D eigenvalue weighted by atomic mass is 79.9. The minimum atomic E-state index is -0.153. The van der Waals surface area contributed by atoms with Crippen LogP contribution >= 0.6 is 15.9 Å². The lowest BCUT2D eigenvalue weighted by Crippen LogP contribution is -2.33. The molecule has 0 aliphatic rings. The van der Waals surface area contributed by atoms with Gasteiger partial charge in [-0.3, -0.25) is 14.2 Å². The number of hydrogen-bond acceptors (Lipinski definition) is 4. The van der Waals surface area contributed by atoms with Crippen LogP contribution < -0.4 is 15.6 Å². The molecule has 0 spiro atoms. The molecule has 6 nitrogen and oxygen atoms in total. The summed E-state index contributed by atoms with van der Waals surface area (Å²) in [4.78, 5) is 29.6. The number of benzene rings is 2. The first-order valence-corrected chi connectivity index (χ1v) is 10.3. The van der Waals surface area contributed by atoms with Crippen LogP contribution in [-0.2, 0) is 11.3 Å². The molecule has 0 saturated heterocycles. The summed E-state index contributed by atoms with van der Waals surface area (Å²) in [5.74, 6) is 0.882. The van der Waals surface area contributed by atoms with Gasteiger partial charge in [-0.15, -0.1) is 0 Å². The second-order valence-corrected chi connectivity index (χ2v) is 8.13. The van der Waals surface area contributed by atoms with Gasteiger partial charge in [-0.2, -0.15) is 0 Å². The Bertz CT molecular complexity index is 1060. The Labute approximate surface area is 178 Å². The number of ether oxygens (including phenoxy) is 1. The molecule has 2 aromatic carbocycles. The van der Waals surface area contributed by atoms with Crippen molar-refractivity contribution in [3.8, 4) is 5.75 Å². The molecule has 29 heavy (non-hydrogen) atoms. The zero-order valence-corrected chi connectivity index (χ0v) is 18.3. The average Bonchev–Trinajstić information content (AvgIpc) is 2.72. The lowest BCUT2D eigenvalue weighted by atomic mass is 9.96. The van der Waals surface area contributed by atoms with E-state index < -0.39 is 0 Å². The number of fused-ring (bicyclic) bond motifs is 1. The Kier molecular flexibility index (Phi) is 6.69. The fourth-order valence-corrected chi connectivity index (χ4v) is 3.57. The number of amides is 1. The molecule has 3 rings (SSSR count). The van der Waals surface area contributed by atoms with Gasteiger partial charge in [-0.1, -0.05) is 41.9 Å². The smallest absolute Gasteiger partial charge is 0.261 e. The van der Waals surface area contributed by atoms with Crippen molar-refractivity contribution in [3.05, 3.63) is 69.2 Å². The zero-order chi connectivity index (χ0) is 21.0. The third-order valence-corrected chi connectivity index (χ3v) is 5.32. The Morgan fingerprint density at radius 2 is 1.93 bits per heavy atom. The van der Waals surface area contributed by atoms with E-state index in [1.165, 1.54) is 10.9 Å². The Morgan fingerprint density at radius 3 is 2.59 bits per heavy atom. The number of carbonyl (C=O) groups excluding carboxylic acids is 1. The van der Waals surface area contributed by atoms with Crippen molar-refractivity contribution in [2.75, 3.05) is 7.11 Å². The largest absolute Gasteiger partial charge is 0.497 e. The van der Waals surface area contributed by atoms with Crippen molar-refractivity contribution in [1.82, 2.24) is 14.9 Å². The third-order valence-electron chi connectivity index (χ3n) is 4.82. The molecule has 0 saturated carbocycles. The summed E-state index contributed by atoms with van der Waals surface area (Å²) in [6.07, 6.45) is 1.69. The van der Waals surface area contributed by atoms with Crippen LogP contribution in [0.1, 0.15) is 31.9 Å². The van der Waals surface area contributed by atoms with Gasteiger partial charge in [-0.05, 0) is 41.8 Å². The molecule has 1 heterocycles. The Hall–Kier alpha value is -2.67. The quantitative estimate of drug-likeness (QED) is 0.580. The van der Waals surface area contributed by atoms with Gasteiger partial charge in [0.1, 0.15) is 5.75 Å². The molecular weight excluding hydrogens is 434 g/mol. The third kappa shape index (κ3) is 5.03. The van der Waals surface area contributed by atoms with Gasteiger partial charge in [0.25, 0.3) is 5.56 Å². The molecule has 1 unspecified atom stereocenters. The first kappa shape index (κ1) is 21.0. The van der Waals surface area contributed by atoms with Gasteiger partial charge in [0.15, 0.2) is 0 Å². The summed E-state index contributed by atoms with van der Waals surface area (Å²) in [6, 6.07) is 13.0. The van der Waals surface area contributed by atoms with Gasteiger partial charge in [-0.25, -0.2) is 4.98 Å². The van der Waals surface area contributed by atoms with Gasteiger partial charge < -0.3 is 10.1 Å². The van der Waals surface area contributed by atoms with Crippen molar-refractivity contribution < 1.29 is 9.53 Å². The molecule has 7 heteroatoms. The SMILES string of the molecule is COc1ccc(C(NC(=O)CCn2cnc3ccc(Br)cc3c2=O)C(C)C)cc1. The predicted molar refractivity (Wildman–Crippen MR) is 117 cm³/mol. The maximum absolute atomic E-state index is 12.7. The van der Waals surface area contributed by atoms with Crippen molar-refractivity contribution in [3.63, 3.8) is 0 Å². The molecule has 1 aromatic heterocycles.